The van der Waals surface area contributed by atoms with Gasteiger partial charge in [0.15, 0.2) is 0 Å². The molecule has 3 N–H and O–H groups in total. The van der Waals surface area contributed by atoms with Crippen molar-refractivity contribution < 1.29 is 27.9 Å². The minimum absolute atomic E-state index is 0.292. The van der Waals surface area contributed by atoms with Gasteiger partial charge in [0.05, 0.1) is 6.10 Å². The normalized spacial score (nSPS) is 13.0. The number of primary sulfonamides is 1. The Bertz CT molecular complexity index is 604. The monoisotopic (exact) mass is 307 g/mol. The second kappa shape index (κ2) is 5.68. The van der Waals surface area contributed by atoms with Crippen molar-refractivity contribution in [3.8, 4) is 0 Å². The van der Waals surface area contributed by atoms with Crippen LogP contribution in [0.5, 0.6) is 0 Å². The van der Waals surface area contributed by atoms with Crippen molar-refractivity contribution in [3.63, 3.8) is 0 Å². The van der Waals surface area contributed by atoms with E-state index in [4.69, 9.17) is 15.0 Å². The highest BCUT2D eigenvalue weighted by molar-refractivity contribution is 7.89. The van der Waals surface area contributed by atoms with Gasteiger partial charge in [0.25, 0.3) is 0 Å². The van der Waals surface area contributed by atoms with E-state index in [-0.39, 0.29) is 9.75 Å². The fraction of sp³-hybridized carbons (Fsp3) is 0.400. The summed E-state index contributed by atoms with van der Waals surface area (Å²) in [6.07, 6.45) is 0.143. The largest absolute Gasteiger partial charge is 0.477 e. The Balaban J connectivity index is 3.26. The standard InChI is InChI=1S/C10H13NO6S2/c1-3-5(2)17-10(14)8-7(19(11,15)16)4-6(18-8)9(12)13/h4-5H,3H2,1-2H3,(H,12,13)(H2,11,15,16). The predicted octanol–water partition coefficient (Wildman–Crippen LogP) is 1.05. The van der Waals surface area contributed by atoms with E-state index >= 15 is 0 Å². The molecule has 0 saturated carbocycles. The molecule has 0 aliphatic carbocycles. The van der Waals surface area contributed by atoms with Gasteiger partial charge in [-0.1, -0.05) is 6.92 Å². The Kier molecular flexibility index (Phi) is 4.66. The summed E-state index contributed by atoms with van der Waals surface area (Å²) in [5.41, 5.74) is 0. The molecule has 7 nitrogen and oxygen atoms in total. The van der Waals surface area contributed by atoms with E-state index in [2.05, 4.69) is 0 Å². The van der Waals surface area contributed by atoms with Crippen LogP contribution in [0.1, 0.15) is 39.6 Å². The molecule has 0 amide bonds. The first-order valence-corrected chi connectivity index (χ1v) is 7.64. The van der Waals surface area contributed by atoms with Gasteiger partial charge in [-0.05, 0) is 19.4 Å². The lowest BCUT2D eigenvalue weighted by molar-refractivity contribution is 0.0336. The van der Waals surface area contributed by atoms with Crippen molar-refractivity contribution in [1.29, 1.82) is 0 Å². The van der Waals surface area contributed by atoms with E-state index in [0.29, 0.717) is 17.8 Å². The van der Waals surface area contributed by atoms with Crippen LogP contribution in [0, 0.1) is 0 Å². The number of carbonyl (C=O) groups is 2. The molecule has 1 heterocycles. The molecular formula is C10H13NO6S2. The van der Waals surface area contributed by atoms with Gasteiger partial charge in [-0.25, -0.2) is 23.1 Å². The Morgan fingerprint density at radius 2 is 2.11 bits per heavy atom. The molecule has 0 aliphatic heterocycles. The van der Waals surface area contributed by atoms with Crippen LogP contribution in [0.3, 0.4) is 0 Å². The number of nitrogens with two attached hydrogens (primary N) is 1. The third-order valence-corrected chi connectivity index (χ3v) is 4.45. The molecule has 106 valence electrons. The van der Waals surface area contributed by atoms with Crippen LogP contribution in [0.2, 0.25) is 0 Å². The van der Waals surface area contributed by atoms with Crippen molar-refractivity contribution in [1.82, 2.24) is 0 Å². The minimum atomic E-state index is -4.19. The smallest absolute Gasteiger partial charge is 0.350 e. The highest BCUT2D eigenvalue weighted by Gasteiger charge is 2.27. The van der Waals surface area contributed by atoms with Crippen molar-refractivity contribution in [3.05, 3.63) is 15.8 Å². The maximum absolute atomic E-state index is 11.8. The third kappa shape index (κ3) is 3.75. The minimum Gasteiger partial charge on any atom is -0.477 e. The lowest BCUT2D eigenvalue weighted by atomic mass is 10.3. The van der Waals surface area contributed by atoms with Gasteiger partial charge in [-0.3, -0.25) is 0 Å². The van der Waals surface area contributed by atoms with Crippen LogP contribution >= 0.6 is 11.3 Å². The van der Waals surface area contributed by atoms with Gasteiger partial charge >= 0.3 is 11.9 Å². The van der Waals surface area contributed by atoms with Crippen LogP contribution in [0.25, 0.3) is 0 Å². The van der Waals surface area contributed by atoms with Gasteiger partial charge < -0.3 is 9.84 Å². The number of ether oxygens (including phenoxy) is 1. The van der Waals surface area contributed by atoms with Crippen molar-refractivity contribution >= 4 is 33.3 Å². The number of sulfonamides is 1. The van der Waals surface area contributed by atoms with Crippen molar-refractivity contribution in [2.24, 2.45) is 5.14 Å². The maximum Gasteiger partial charge on any atom is 0.350 e. The Hall–Kier alpha value is -1.45. The number of esters is 1. The predicted molar refractivity (Wildman–Crippen MR) is 67.8 cm³/mol. The van der Waals surface area contributed by atoms with E-state index < -0.39 is 33.0 Å². The molecule has 1 rings (SSSR count). The van der Waals surface area contributed by atoms with Crippen LogP contribution in [0.4, 0.5) is 0 Å². The molecule has 1 aromatic rings. The fourth-order valence-corrected chi connectivity index (χ4v) is 3.10. The molecule has 0 aromatic carbocycles. The summed E-state index contributed by atoms with van der Waals surface area (Å²) in [5, 5.41) is 13.8. The molecule has 0 spiro atoms. The van der Waals surface area contributed by atoms with Crippen LogP contribution in [-0.4, -0.2) is 31.6 Å². The molecule has 0 saturated heterocycles. The molecule has 1 unspecified atom stereocenters. The van der Waals surface area contributed by atoms with E-state index in [1.165, 1.54) is 0 Å². The van der Waals surface area contributed by atoms with Crippen LogP contribution in [-0.2, 0) is 14.8 Å². The molecule has 19 heavy (non-hydrogen) atoms. The number of thiophene rings is 1. The summed E-state index contributed by atoms with van der Waals surface area (Å²) in [6, 6.07) is 0.857. The summed E-state index contributed by atoms with van der Waals surface area (Å²) in [4.78, 5) is 21.5. The topological polar surface area (TPSA) is 124 Å². The number of carboxylic acids is 1. The molecule has 0 radical (unpaired) electrons. The molecule has 0 aliphatic rings. The quantitative estimate of drug-likeness (QED) is 0.783. The lowest BCUT2D eigenvalue weighted by Gasteiger charge is -2.10. The second-order valence-electron chi connectivity index (χ2n) is 3.78. The van der Waals surface area contributed by atoms with Gasteiger partial charge in [-0.2, -0.15) is 0 Å². The molecule has 9 heteroatoms. The number of carbonyl (C=O) groups excluding carboxylic acids is 1. The van der Waals surface area contributed by atoms with Crippen molar-refractivity contribution in [2.45, 2.75) is 31.3 Å². The average Bonchev–Trinajstić information content (AvgIpc) is 2.73. The summed E-state index contributed by atoms with van der Waals surface area (Å²) >= 11 is 0.522. The van der Waals surface area contributed by atoms with E-state index in [9.17, 15) is 18.0 Å². The third-order valence-electron chi connectivity index (χ3n) is 2.28. The highest BCUT2D eigenvalue weighted by atomic mass is 32.2. The molecule has 1 atom stereocenters. The summed E-state index contributed by atoms with van der Waals surface area (Å²) < 4.78 is 27.6. The number of carboxylic acid groups (broad SMARTS) is 1. The van der Waals surface area contributed by atoms with Gasteiger partial charge in [-0.15, -0.1) is 11.3 Å². The maximum atomic E-state index is 11.8. The van der Waals surface area contributed by atoms with E-state index in [1.807, 2.05) is 0 Å². The number of aromatic carboxylic acids is 1. The number of hydrogen-bond donors (Lipinski definition) is 2. The van der Waals surface area contributed by atoms with Gasteiger partial charge in [0.1, 0.15) is 14.6 Å². The first-order chi connectivity index (χ1) is 8.66. The number of rotatable bonds is 5. The fourth-order valence-electron chi connectivity index (χ4n) is 1.15. The zero-order valence-electron chi connectivity index (χ0n) is 10.2. The van der Waals surface area contributed by atoms with E-state index in [1.54, 1.807) is 13.8 Å². The molecule has 1 aromatic heterocycles. The zero-order chi connectivity index (χ0) is 14.8. The Labute approximate surface area is 114 Å². The van der Waals surface area contributed by atoms with Crippen LogP contribution < -0.4 is 5.14 Å². The van der Waals surface area contributed by atoms with Crippen LogP contribution in [0.15, 0.2) is 11.0 Å². The summed E-state index contributed by atoms with van der Waals surface area (Å²) in [5.74, 6) is -2.23. The summed E-state index contributed by atoms with van der Waals surface area (Å²) in [6.45, 7) is 3.43. The SMILES string of the molecule is CCC(C)OC(=O)c1sc(C(=O)O)cc1S(N)(=O)=O. The van der Waals surface area contributed by atoms with Gasteiger partial charge in [0, 0.05) is 0 Å². The summed E-state index contributed by atoms with van der Waals surface area (Å²) in [7, 11) is -4.19. The first kappa shape index (κ1) is 15.6. The Morgan fingerprint density at radius 1 is 1.53 bits per heavy atom. The van der Waals surface area contributed by atoms with Gasteiger partial charge in [0.2, 0.25) is 10.0 Å². The first-order valence-electron chi connectivity index (χ1n) is 5.27. The molecule has 0 fully saturated rings. The Morgan fingerprint density at radius 3 is 2.53 bits per heavy atom. The average molecular weight is 307 g/mol. The zero-order valence-corrected chi connectivity index (χ0v) is 11.9. The van der Waals surface area contributed by atoms with Crippen molar-refractivity contribution in [2.75, 3.05) is 0 Å². The lowest BCUT2D eigenvalue weighted by Crippen LogP contribution is -2.18. The van der Waals surface area contributed by atoms with E-state index in [0.717, 1.165) is 6.07 Å². The molecular weight excluding hydrogens is 294 g/mol. The molecule has 0 bridgehead atoms. The number of hydrogen-bond acceptors (Lipinski definition) is 6. The second-order valence-corrected chi connectivity index (χ2v) is 6.36. The highest BCUT2D eigenvalue weighted by Crippen LogP contribution is 2.27.